The van der Waals surface area contributed by atoms with Gasteiger partial charge in [0.2, 0.25) is 0 Å². The number of ether oxygens (including phenoxy) is 1. The molecule has 1 aliphatic rings. The van der Waals surface area contributed by atoms with Gasteiger partial charge in [-0.2, -0.15) is 0 Å². The summed E-state index contributed by atoms with van der Waals surface area (Å²) in [5.74, 6) is -1.12. The fourth-order valence-corrected chi connectivity index (χ4v) is 3.61. The van der Waals surface area contributed by atoms with Crippen molar-refractivity contribution in [2.24, 2.45) is 0 Å². The highest BCUT2D eigenvalue weighted by Gasteiger charge is 2.41. The fraction of sp³-hybridized carbons (Fsp3) is 0.0833. The van der Waals surface area contributed by atoms with Crippen molar-refractivity contribution in [3.8, 4) is 5.75 Å². The molecule has 4 rings (SSSR count). The highest BCUT2D eigenvalue weighted by atomic mass is 35.5. The Bertz CT molecular complexity index is 1220. The number of hydrogen-bond donors (Lipinski definition) is 1. The van der Waals surface area contributed by atoms with Crippen LogP contribution in [0.5, 0.6) is 5.75 Å². The second-order valence-corrected chi connectivity index (χ2v) is 7.39. The molecular formula is C24H18ClFN2O3. The number of nitrogens with zero attached hydrogens (tertiary/aromatic N) is 1. The Morgan fingerprint density at radius 2 is 1.68 bits per heavy atom. The van der Waals surface area contributed by atoms with E-state index < -0.39 is 17.6 Å². The minimum absolute atomic E-state index is 0.0872. The number of aryl methyl sites for hydroxylation is 1. The van der Waals surface area contributed by atoms with Gasteiger partial charge in [-0.1, -0.05) is 35.9 Å². The van der Waals surface area contributed by atoms with E-state index in [0.29, 0.717) is 22.0 Å². The molecule has 0 saturated carbocycles. The zero-order valence-electron chi connectivity index (χ0n) is 16.8. The van der Waals surface area contributed by atoms with Gasteiger partial charge in [-0.05, 0) is 55.0 Å². The van der Waals surface area contributed by atoms with E-state index in [1.54, 1.807) is 36.4 Å². The number of halogens is 2. The number of imide groups is 1. The SMILES string of the molecule is COc1ccccc1C1=C(Nc2cc(Cl)ccc2C)C(=O)N(c2ccc(F)cc2)C1=O. The molecule has 1 heterocycles. The smallest absolute Gasteiger partial charge is 0.282 e. The normalized spacial score (nSPS) is 13.7. The monoisotopic (exact) mass is 436 g/mol. The molecule has 0 unspecified atom stereocenters. The van der Waals surface area contributed by atoms with E-state index in [2.05, 4.69) is 5.32 Å². The molecule has 3 aromatic rings. The van der Waals surface area contributed by atoms with Crippen LogP contribution in [-0.4, -0.2) is 18.9 Å². The van der Waals surface area contributed by atoms with Crippen molar-refractivity contribution in [3.05, 3.63) is 94.4 Å². The van der Waals surface area contributed by atoms with Crippen LogP contribution in [0.1, 0.15) is 11.1 Å². The lowest BCUT2D eigenvalue weighted by atomic mass is 10.0. The second kappa shape index (κ2) is 8.24. The number of carbonyl (C=O) groups excluding carboxylic acids is 2. The van der Waals surface area contributed by atoms with Gasteiger partial charge >= 0.3 is 0 Å². The van der Waals surface area contributed by atoms with E-state index in [1.807, 2.05) is 13.0 Å². The van der Waals surface area contributed by atoms with Crippen molar-refractivity contribution < 1.29 is 18.7 Å². The molecule has 0 atom stereocenters. The van der Waals surface area contributed by atoms with Crippen LogP contribution in [0, 0.1) is 12.7 Å². The number of amides is 2. The summed E-state index contributed by atoms with van der Waals surface area (Å²) in [4.78, 5) is 27.9. The van der Waals surface area contributed by atoms with Gasteiger partial charge in [-0.15, -0.1) is 0 Å². The third-order valence-corrected chi connectivity index (χ3v) is 5.24. The van der Waals surface area contributed by atoms with E-state index in [1.165, 1.54) is 31.4 Å². The van der Waals surface area contributed by atoms with E-state index in [0.717, 1.165) is 10.5 Å². The van der Waals surface area contributed by atoms with Gasteiger partial charge in [0.25, 0.3) is 11.8 Å². The second-order valence-electron chi connectivity index (χ2n) is 6.96. The maximum absolute atomic E-state index is 13.5. The summed E-state index contributed by atoms with van der Waals surface area (Å²) in [6.45, 7) is 1.86. The van der Waals surface area contributed by atoms with Crippen LogP contribution in [0.15, 0.2) is 72.4 Å². The van der Waals surface area contributed by atoms with Gasteiger partial charge in [0.05, 0.1) is 18.4 Å². The van der Waals surface area contributed by atoms with Crippen LogP contribution in [0.25, 0.3) is 5.57 Å². The summed E-state index contributed by atoms with van der Waals surface area (Å²) in [5, 5.41) is 3.58. The van der Waals surface area contributed by atoms with Gasteiger partial charge < -0.3 is 10.1 Å². The Morgan fingerprint density at radius 1 is 0.968 bits per heavy atom. The molecule has 0 fully saturated rings. The van der Waals surface area contributed by atoms with Crippen LogP contribution in [-0.2, 0) is 9.59 Å². The largest absolute Gasteiger partial charge is 0.496 e. The Morgan fingerprint density at radius 3 is 2.39 bits per heavy atom. The van der Waals surface area contributed by atoms with Crippen molar-refractivity contribution in [3.63, 3.8) is 0 Å². The van der Waals surface area contributed by atoms with Crippen molar-refractivity contribution in [2.75, 3.05) is 17.3 Å². The predicted octanol–water partition coefficient (Wildman–Crippen LogP) is 5.19. The van der Waals surface area contributed by atoms with Crippen LogP contribution in [0.3, 0.4) is 0 Å². The summed E-state index contributed by atoms with van der Waals surface area (Å²) in [6, 6.07) is 17.4. The van der Waals surface area contributed by atoms with Crippen LogP contribution in [0.2, 0.25) is 5.02 Å². The quantitative estimate of drug-likeness (QED) is 0.559. The predicted molar refractivity (Wildman–Crippen MR) is 119 cm³/mol. The Hall–Kier alpha value is -3.64. The van der Waals surface area contributed by atoms with E-state index in [4.69, 9.17) is 16.3 Å². The lowest BCUT2D eigenvalue weighted by Crippen LogP contribution is -2.32. The molecule has 31 heavy (non-hydrogen) atoms. The first-order chi connectivity index (χ1) is 14.9. The lowest BCUT2D eigenvalue weighted by molar-refractivity contribution is -0.120. The molecular weight excluding hydrogens is 419 g/mol. The number of anilines is 2. The van der Waals surface area contributed by atoms with Crippen molar-refractivity contribution in [2.45, 2.75) is 6.92 Å². The molecule has 156 valence electrons. The summed E-state index contributed by atoms with van der Waals surface area (Å²) < 4.78 is 18.8. The molecule has 3 aromatic carbocycles. The van der Waals surface area contributed by atoms with Crippen molar-refractivity contribution >= 4 is 40.4 Å². The van der Waals surface area contributed by atoms with Crippen LogP contribution in [0.4, 0.5) is 15.8 Å². The van der Waals surface area contributed by atoms with E-state index in [9.17, 15) is 14.0 Å². The maximum Gasteiger partial charge on any atom is 0.282 e. The number of nitrogens with one attached hydrogen (secondary N) is 1. The first kappa shape index (κ1) is 20.6. The maximum atomic E-state index is 13.5. The summed E-state index contributed by atoms with van der Waals surface area (Å²) in [7, 11) is 1.49. The van der Waals surface area contributed by atoms with Gasteiger partial charge in [-0.25, -0.2) is 9.29 Å². The Kier molecular flexibility index (Phi) is 5.48. The number of hydrogen-bond acceptors (Lipinski definition) is 4. The molecule has 1 N–H and O–H groups in total. The summed E-state index contributed by atoms with van der Waals surface area (Å²) >= 11 is 6.13. The average Bonchev–Trinajstić information content (AvgIpc) is 3.01. The van der Waals surface area contributed by atoms with Gasteiger partial charge in [0.15, 0.2) is 0 Å². The highest BCUT2D eigenvalue weighted by Crippen LogP contribution is 2.38. The van der Waals surface area contributed by atoms with Crippen molar-refractivity contribution in [1.82, 2.24) is 0 Å². The fourth-order valence-electron chi connectivity index (χ4n) is 3.43. The third-order valence-electron chi connectivity index (χ3n) is 5.00. The standard InChI is InChI=1S/C24H18ClFN2O3/c1-14-7-8-15(25)13-19(14)27-22-21(18-5-3-4-6-20(18)31-2)23(29)28(24(22)30)17-11-9-16(26)10-12-17/h3-13,27H,1-2H3. The van der Waals surface area contributed by atoms with Crippen molar-refractivity contribution in [1.29, 1.82) is 0 Å². The molecule has 0 saturated heterocycles. The zero-order chi connectivity index (χ0) is 22.1. The Balaban J connectivity index is 1.88. The van der Waals surface area contributed by atoms with Gasteiger partial charge in [0.1, 0.15) is 17.3 Å². The third kappa shape index (κ3) is 3.78. The molecule has 5 nitrogen and oxygen atoms in total. The number of para-hydroxylation sites is 1. The van der Waals surface area contributed by atoms with E-state index in [-0.39, 0.29) is 17.0 Å². The highest BCUT2D eigenvalue weighted by molar-refractivity contribution is 6.46. The number of methoxy groups -OCH3 is 1. The van der Waals surface area contributed by atoms with E-state index >= 15 is 0 Å². The molecule has 0 radical (unpaired) electrons. The summed E-state index contributed by atoms with van der Waals surface area (Å²) in [6.07, 6.45) is 0. The average molecular weight is 437 g/mol. The molecule has 2 amide bonds. The molecule has 0 bridgehead atoms. The first-order valence-electron chi connectivity index (χ1n) is 9.46. The molecule has 0 spiro atoms. The van der Waals surface area contributed by atoms with Crippen LogP contribution < -0.4 is 15.0 Å². The molecule has 0 aliphatic carbocycles. The lowest BCUT2D eigenvalue weighted by Gasteiger charge is -2.16. The number of rotatable bonds is 5. The van der Waals surface area contributed by atoms with Crippen LogP contribution >= 0.6 is 11.6 Å². The number of carbonyl (C=O) groups is 2. The number of benzene rings is 3. The minimum Gasteiger partial charge on any atom is -0.496 e. The molecule has 0 aromatic heterocycles. The molecule has 1 aliphatic heterocycles. The van der Waals surface area contributed by atoms with Gasteiger partial charge in [-0.3, -0.25) is 9.59 Å². The minimum atomic E-state index is -0.558. The van der Waals surface area contributed by atoms with Gasteiger partial charge in [0, 0.05) is 16.3 Å². The Labute approximate surface area is 183 Å². The zero-order valence-corrected chi connectivity index (χ0v) is 17.5. The summed E-state index contributed by atoms with van der Waals surface area (Å²) in [5.41, 5.74) is 2.42. The first-order valence-corrected chi connectivity index (χ1v) is 9.83. The topological polar surface area (TPSA) is 58.6 Å². The molecule has 7 heteroatoms.